The maximum Gasteiger partial charge on any atom is 0.0953 e. The second kappa shape index (κ2) is 7.06. The largest absolute Gasteiger partial charge is 0.369 e. The van der Waals surface area contributed by atoms with Crippen molar-refractivity contribution in [1.29, 1.82) is 0 Å². The normalized spacial score (nSPS) is 25.2. The first-order valence-electron chi connectivity index (χ1n) is 7.65. The summed E-state index contributed by atoms with van der Waals surface area (Å²) >= 11 is 0. The van der Waals surface area contributed by atoms with Gasteiger partial charge in [0.25, 0.3) is 0 Å². The Bertz CT molecular complexity index is 391. The summed E-state index contributed by atoms with van der Waals surface area (Å²) < 4.78 is 6.31. The smallest absolute Gasteiger partial charge is 0.0953 e. The second-order valence-corrected chi connectivity index (χ2v) is 5.78. The van der Waals surface area contributed by atoms with Gasteiger partial charge in [0.05, 0.1) is 12.2 Å². The van der Waals surface area contributed by atoms with Crippen LogP contribution < -0.4 is 5.73 Å². The minimum Gasteiger partial charge on any atom is -0.369 e. The summed E-state index contributed by atoms with van der Waals surface area (Å²) in [5.41, 5.74) is 8.46. The molecule has 0 bridgehead atoms. The van der Waals surface area contributed by atoms with E-state index < -0.39 is 0 Å². The number of ether oxygens (including phenoxy) is 1. The minimum atomic E-state index is 0.0572. The Morgan fingerprint density at radius 2 is 2.11 bits per heavy atom. The van der Waals surface area contributed by atoms with Crippen LogP contribution in [0.2, 0.25) is 0 Å². The lowest BCUT2D eigenvalue weighted by atomic mass is 9.85. The van der Waals surface area contributed by atoms with Gasteiger partial charge in [-0.05, 0) is 36.8 Å². The lowest BCUT2D eigenvalue weighted by Crippen LogP contribution is -2.27. The van der Waals surface area contributed by atoms with Gasteiger partial charge in [-0.3, -0.25) is 0 Å². The number of aryl methyl sites for hydroxylation is 1. The van der Waals surface area contributed by atoms with E-state index in [4.69, 9.17) is 10.5 Å². The van der Waals surface area contributed by atoms with E-state index in [-0.39, 0.29) is 6.10 Å². The van der Waals surface area contributed by atoms with Crippen LogP contribution in [-0.4, -0.2) is 12.6 Å². The molecule has 0 spiro atoms. The molecular formula is C17H27NO. The van der Waals surface area contributed by atoms with Crippen LogP contribution >= 0.6 is 0 Å². The highest BCUT2D eigenvalue weighted by atomic mass is 16.5. The topological polar surface area (TPSA) is 35.2 Å². The van der Waals surface area contributed by atoms with Gasteiger partial charge in [-0.25, -0.2) is 0 Å². The molecule has 1 aromatic carbocycles. The van der Waals surface area contributed by atoms with Gasteiger partial charge in [0.15, 0.2) is 0 Å². The van der Waals surface area contributed by atoms with Gasteiger partial charge < -0.3 is 10.5 Å². The van der Waals surface area contributed by atoms with Gasteiger partial charge in [0.2, 0.25) is 0 Å². The van der Waals surface area contributed by atoms with Crippen molar-refractivity contribution in [3.8, 4) is 0 Å². The molecule has 3 atom stereocenters. The van der Waals surface area contributed by atoms with Crippen molar-refractivity contribution in [2.24, 2.45) is 11.7 Å². The third-order valence-electron chi connectivity index (χ3n) is 4.42. The van der Waals surface area contributed by atoms with E-state index in [2.05, 4.69) is 38.1 Å². The second-order valence-electron chi connectivity index (χ2n) is 5.78. The quantitative estimate of drug-likeness (QED) is 0.870. The molecule has 3 unspecified atom stereocenters. The SMILES string of the molecule is CCC1CCCC(OC(CN)c2ccccc2C)C1. The van der Waals surface area contributed by atoms with Gasteiger partial charge in [-0.1, -0.05) is 50.5 Å². The van der Waals surface area contributed by atoms with Gasteiger partial charge >= 0.3 is 0 Å². The van der Waals surface area contributed by atoms with Crippen molar-refractivity contribution in [3.63, 3.8) is 0 Å². The Labute approximate surface area is 117 Å². The molecule has 0 heterocycles. The number of benzene rings is 1. The van der Waals surface area contributed by atoms with Crippen molar-refractivity contribution in [2.75, 3.05) is 6.54 Å². The van der Waals surface area contributed by atoms with Crippen LogP contribution in [-0.2, 0) is 4.74 Å². The molecule has 0 radical (unpaired) electrons. The van der Waals surface area contributed by atoms with Crippen molar-refractivity contribution in [3.05, 3.63) is 35.4 Å². The summed E-state index contributed by atoms with van der Waals surface area (Å²) in [6.07, 6.45) is 6.80. The minimum absolute atomic E-state index is 0.0572. The maximum atomic E-state index is 6.31. The highest BCUT2D eigenvalue weighted by Crippen LogP contribution is 2.32. The first kappa shape index (κ1) is 14.5. The zero-order valence-corrected chi connectivity index (χ0v) is 12.3. The summed E-state index contributed by atoms with van der Waals surface area (Å²) in [6.45, 7) is 4.99. The summed E-state index contributed by atoms with van der Waals surface area (Å²) in [5, 5.41) is 0. The van der Waals surface area contributed by atoms with Crippen molar-refractivity contribution < 1.29 is 4.74 Å². The van der Waals surface area contributed by atoms with Crippen molar-refractivity contribution in [1.82, 2.24) is 0 Å². The van der Waals surface area contributed by atoms with E-state index in [1.807, 2.05) is 0 Å². The predicted molar refractivity (Wildman–Crippen MR) is 80.1 cm³/mol. The van der Waals surface area contributed by atoms with Crippen LogP contribution in [0.25, 0.3) is 0 Å². The number of hydrogen-bond donors (Lipinski definition) is 1. The van der Waals surface area contributed by atoms with Crippen LogP contribution in [0.5, 0.6) is 0 Å². The Kier molecular flexibility index (Phi) is 5.41. The molecule has 106 valence electrons. The van der Waals surface area contributed by atoms with E-state index in [0.29, 0.717) is 12.6 Å². The molecule has 1 aliphatic carbocycles. The summed E-state index contributed by atoms with van der Waals surface area (Å²) in [5.74, 6) is 0.842. The molecule has 0 amide bonds. The van der Waals surface area contributed by atoms with E-state index in [9.17, 15) is 0 Å². The molecule has 1 fully saturated rings. The molecule has 1 aliphatic rings. The first-order valence-corrected chi connectivity index (χ1v) is 7.65. The van der Waals surface area contributed by atoms with E-state index in [0.717, 1.165) is 5.92 Å². The fraction of sp³-hybridized carbons (Fsp3) is 0.647. The summed E-state index contributed by atoms with van der Waals surface area (Å²) in [6, 6.07) is 8.42. The van der Waals surface area contributed by atoms with Gasteiger partial charge in [-0.2, -0.15) is 0 Å². The van der Waals surface area contributed by atoms with E-state index in [1.165, 1.54) is 43.2 Å². The molecule has 2 heteroatoms. The van der Waals surface area contributed by atoms with E-state index >= 15 is 0 Å². The average molecular weight is 261 g/mol. The lowest BCUT2D eigenvalue weighted by Gasteiger charge is -2.32. The Morgan fingerprint density at radius 1 is 1.32 bits per heavy atom. The molecule has 1 saturated carbocycles. The zero-order valence-electron chi connectivity index (χ0n) is 12.3. The maximum absolute atomic E-state index is 6.31. The molecule has 2 rings (SSSR count). The molecular weight excluding hydrogens is 234 g/mol. The van der Waals surface area contributed by atoms with Crippen molar-refractivity contribution in [2.45, 2.75) is 58.2 Å². The Balaban J connectivity index is 2.01. The molecule has 19 heavy (non-hydrogen) atoms. The number of hydrogen-bond acceptors (Lipinski definition) is 2. The zero-order chi connectivity index (χ0) is 13.7. The summed E-state index contributed by atoms with van der Waals surface area (Å²) in [7, 11) is 0. The van der Waals surface area contributed by atoms with Crippen LogP contribution in [0.3, 0.4) is 0 Å². The predicted octanol–water partition coefficient (Wildman–Crippen LogP) is 3.98. The average Bonchev–Trinajstić information content (AvgIpc) is 2.46. The lowest BCUT2D eigenvalue weighted by molar-refractivity contribution is -0.0384. The van der Waals surface area contributed by atoms with Crippen LogP contribution in [0.15, 0.2) is 24.3 Å². The molecule has 0 saturated heterocycles. The van der Waals surface area contributed by atoms with Gasteiger partial charge in [-0.15, -0.1) is 0 Å². The van der Waals surface area contributed by atoms with E-state index in [1.54, 1.807) is 0 Å². The number of rotatable bonds is 5. The molecule has 0 aliphatic heterocycles. The fourth-order valence-electron chi connectivity index (χ4n) is 3.17. The number of nitrogens with two attached hydrogens (primary N) is 1. The molecule has 2 nitrogen and oxygen atoms in total. The molecule has 2 N–H and O–H groups in total. The highest BCUT2D eigenvalue weighted by Gasteiger charge is 2.24. The van der Waals surface area contributed by atoms with Gasteiger partial charge in [0.1, 0.15) is 0 Å². The van der Waals surface area contributed by atoms with Crippen LogP contribution in [0.4, 0.5) is 0 Å². The van der Waals surface area contributed by atoms with Crippen molar-refractivity contribution >= 4 is 0 Å². The monoisotopic (exact) mass is 261 g/mol. The summed E-state index contributed by atoms with van der Waals surface area (Å²) in [4.78, 5) is 0. The Morgan fingerprint density at radius 3 is 2.79 bits per heavy atom. The highest BCUT2D eigenvalue weighted by molar-refractivity contribution is 5.28. The standard InChI is InChI=1S/C17H27NO/c1-3-14-8-6-9-15(11-14)19-17(12-18)16-10-5-4-7-13(16)2/h4-5,7,10,14-15,17H,3,6,8-9,11-12,18H2,1-2H3. The molecule has 0 aromatic heterocycles. The first-order chi connectivity index (χ1) is 9.24. The van der Waals surface area contributed by atoms with Crippen LogP contribution in [0, 0.1) is 12.8 Å². The van der Waals surface area contributed by atoms with Gasteiger partial charge in [0, 0.05) is 6.54 Å². The molecule has 1 aromatic rings. The fourth-order valence-corrected chi connectivity index (χ4v) is 3.17. The third kappa shape index (κ3) is 3.80. The third-order valence-corrected chi connectivity index (χ3v) is 4.42. The van der Waals surface area contributed by atoms with Crippen LogP contribution in [0.1, 0.15) is 56.3 Å². The Hall–Kier alpha value is -0.860.